The maximum Gasteiger partial charge on any atom is 0.0646 e. The molecule has 112 valence electrons. The largest absolute Gasteiger partial charge is 0.320 e. The molecule has 0 radical (unpaired) electrons. The fraction of sp³-hybridized carbons (Fsp3) is 0.444. The van der Waals surface area contributed by atoms with Gasteiger partial charge in [0.15, 0.2) is 0 Å². The third-order valence-corrected chi connectivity index (χ3v) is 6.26. The molecule has 0 amide bonds. The first kappa shape index (κ1) is 15.1. The van der Waals surface area contributed by atoms with Crippen molar-refractivity contribution in [2.75, 3.05) is 5.75 Å². The topological polar surface area (TPSA) is 26.0 Å². The summed E-state index contributed by atoms with van der Waals surface area (Å²) in [5.74, 6) is 3.11. The molecule has 1 aromatic carbocycles. The van der Waals surface area contributed by atoms with Gasteiger partial charge in [0.05, 0.1) is 6.04 Å². The van der Waals surface area contributed by atoms with Crippen LogP contribution in [0, 0.1) is 5.92 Å². The van der Waals surface area contributed by atoms with Gasteiger partial charge in [-0.05, 0) is 47.3 Å². The summed E-state index contributed by atoms with van der Waals surface area (Å²) < 4.78 is 0. The van der Waals surface area contributed by atoms with Crippen molar-refractivity contribution in [2.45, 2.75) is 38.5 Å². The van der Waals surface area contributed by atoms with E-state index in [1.54, 1.807) is 4.88 Å². The van der Waals surface area contributed by atoms with Crippen LogP contribution in [0.1, 0.15) is 46.3 Å². The number of thiophene rings is 1. The van der Waals surface area contributed by atoms with E-state index < -0.39 is 0 Å². The molecule has 1 aliphatic rings. The molecule has 3 rings (SSSR count). The summed E-state index contributed by atoms with van der Waals surface area (Å²) in [7, 11) is 0. The zero-order valence-electron chi connectivity index (χ0n) is 12.8. The van der Waals surface area contributed by atoms with Crippen LogP contribution < -0.4 is 5.73 Å². The van der Waals surface area contributed by atoms with E-state index in [1.165, 1.54) is 33.7 Å². The highest BCUT2D eigenvalue weighted by Gasteiger charge is 2.18. The van der Waals surface area contributed by atoms with Crippen molar-refractivity contribution in [2.24, 2.45) is 11.7 Å². The molecule has 0 fully saturated rings. The molecule has 1 unspecified atom stereocenters. The SMILES string of the molecule is CC(C)Cc1ccc(C(N)c2cc3c(s2)CCSC3)cc1. The van der Waals surface area contributed by atoms with E-state index in [1.807, 2.05) is 23.1 Å². The lowest BCUT2D eigenvalue weighted by Gasteiger charge is -2.11. The zero-order chi connectivity index (χ0) is 14.8. The lowest BCUT2D eigenvalue weighted by atomic mass is 9.99. The van der Waals surface area contributed by atoms with Crippen molar-refractivity contribution in [3.63, 3.8) is 0 Å². The summed E-state index contributed by atoms with van der Waals surface area (Å²) >= 11 is 3.95. The van der Waals surface area contributed by atoms with E-state index in [-0.39, 0.29) is 6.04 Å². The molecule has 0 saturated carbocycles. The number of aryl methyl sites for hydroxylation is 1. The number of nitrogens with two attached hydrogens (primary N) is 1. The van der Waals surface area contributed by atoms with Gasteiger partial charge >= 0.3 is 0 Å². The molecule has 2 aromatic rings. The minimum absolute atomic E-state index is 0.0266. The van der Waals surface area contributed by atoms with Crippen molar-refractivity contribution in [3.8, 4) is 0 Å². The zero-order valence-corrected chi connectivity index (χ0v) is 14.4. The predicted molar refractivity (Wildman–Crippen MR) is 95.2 cm³/mol. The summed E-state index contributed by atoms with van der Waals surface area (Å²) in [6.07, 6.45) is 2.35. The van der Waals surface area contributed by atoms with E-state index in [0.29, 0.717) is 5.92 Å². The van der Waals surface area contributed by atoms with Gasteiger partial charge in [0.2, 0.25) is 0 Å². The van der Waals surface area contributed by atoms with Crippen molar-refractivity contribution < 1.29 is 0 Å². The van der Waals surface area contributed by atoms with Gasteiger partial charge in [0.1, 0.15) is 0 Å². The lowest BCUT2D eigenvalue weighted by Crippen LogP contribution is -2.10. The van der Waals surface area contributed by atoms with Gasteiger partial charge in [0, 0.05) is 15.5 Å². The van der Waals surface area contributed by atoms with Crippen LogP contribution in [-0.2, 0) is 18.6 Å². The number of thioether (sulfide) groups is 1. The molecule has 2 heterocycles. The minimum atomic E-state index is 0.0266. The van der Waals surface area contributed by atoms with E-state index in [9.17, 15) is 0 Å². The second kappa shape index (κ2) is 6.55. The van der Waals surface area contributed by atoms with Crippen LogP contribution in [0.2, 0.25) is 0 Å². The number of hydrogen-bond donors (Lipinski definition) is 1. The Morgan fingerprint density at radius 1 is 1.19 bits per heavy atom. The summed E-state index contributed by atoms with van der Waals surface area (Å²) in [6, 6.07) is 11.2. The summed E-state index contributed by atoms with van der Waals surface area (Å²) in [4.78, 5) is 2.87. The molecule has 1 nitrogen and oxygen atoms in total. The molecule has 0 saturated heterocycles. The van der Waals surface area contributed by atoms with Gasteiger partial charge in [-0.25, -0.2) is 0 Å². The second-order valence-electron chi connectivity index (χ2n) is 6.22. The van der Waals surface area contributed by atoms with Gasteiger partial charge < -0.3 is 5.73 Å². The molecule has 3 heteroatoms. The highest BCUT2D eigenvalue weighted by Crippen LogP contribution is 2.35. The first-order valence-corrected chi connectivity index (χ1v) is 9.64. The van der Waals surface area contributed by atoms with Gasteiger partial charge in [-0.2, -0.15) is 11.8 Å². The molecule has 0 bridgehead atoms. The van der Waals surface area contributed by atoms with Crippen LogP contribution in [-0.4, -0.2) is 5.75 Å². The van der Waals surface area contributed by atoms with Gasteiger partial charge in [-0.15, -0.1) is 11.3 Å². The highest BCUT2D eigenvalue weighted by atomic mass is 32.2. The molecule has 1 aromatic heterocycles. The quantitative estimate of drug-likeness (QED) is 0.878. The van der Waals surface area contributed by atoms with Crippen LogP contribution in [0.5, 0.6) is 0 Å². The molecule has 21 heavy (non-hydrogen) atoms. The Morgan fingerprint density at radius 3 is 2.62 bits per heavy atom. The normalized spacial score (nSPS) is 16.0. The van der Waals surface area contributed by atoms with Crippen molar-refractivity contribution in [1.82, 2.24) is 0 Å². The number of rotatable bonds is 4. The molecule has 0 spiro atoms. The molecule has 1 aliphatic heterocycles. The molecule has 0 aliphatic carbocycles. The van der Waals surface area contributed by atoms with E-state index in [4.69, 9.17) is 5.73 Å². The van der Waals surface area contributed by atoms with Crippen LogP contribution in [0.4, 0.5) is 0 Å². The van der Waals surface area contributed by atoms with Crippen LogP contribution in [0.15, 0.2) is 30.3 Å². The van der Waals surface area contributed by atoms with Crippen LogP contribution in [0.3, 0.4) is 0 Å². The fourth-order valence-electron chi connectivity index (χ4n) is 2.82. The number of benzene rings is 1. The molecule has 1 atom stereocenters. The average Bonchev–Trinajstić information content (AvgIpc) is 2.90. The fourth-order valence-corrected chi connectivity index (χ4v) is 5.23. The Morgan fingerprint density at radius 2 is 1.95 bits per heavy atom. The molecule has 2 N–H and O–H groups in total. The highest BCUT2D eigenvalue weighted by molar-refractivity contribution is 7.98. The second-order valence-corrected chi connectivity index (χ2v) is 8.49. The standard InChI is InChI=1S/C18H23NS2/c1-12(2)9-13-3-5-14(6-4-13)18(19)17-10-15-11-20-8-7-16(15)21-17/h3-6,10,12,18H,7-9,11,19H2,1-2H3. The van der Waals surface area contributed by atoms with Gasteiger partial charge in [-0.1, -0.05) is 38.1 Å². The Bertz CT molecular complexity index is 575. The maximum atomic E-state index is 6.48. The number of fused-ring (bicyclic) bond motifs is 1. The van der Waals surface area contributed by atoms with Gasteiger partial charge in [0.25, 0.3) is 0 Å². The maximum absolute atomic E-state index is 6.48. The Labute approximate surface area is 136 Å². The first-order valence-electron chi connectivity index (χ1n) is 7.67. The van der Waals surface area contributed by atoms with E-state index in [0.717, 1.165) is 12.2 Å². The van der Waals surface area contributed by atoms with Crippen molar-refractivity contribution >= 4 is 23.1 Å². The molecular weight excluding hydrogens is 294 g/mol. The van der Waals surface area contributed by atoms with Crippen LogP contribution >= 0.6 is 23.1 Å². The first-order chi connectivity index (χ1) is 10.1. The third kappa shape index (κ3) is 3.53. The van der Waals surface area contributed by atoms with E-state index in [2.05, 4.69) is 44.2 Å². The molecular formula is C18H23NS2. The van der Waals surface area contributed by atoms with Crippen molar-refractivity contribution in [1.29, 1.82) is 0 Å². The summed E-state index contributed by atoms with van der Waals surface area (Å²) in [6.45, 7) is 4.52. The van der Waals surface area contributed by atoms with Gasteiger partial charge in [-0.3, -0.25) is 0 Å². The average molecular weight is 318 g/mol. The monoisotopic (exact) mass is 317 g/mol. The number of hydrogen-bond acceptors (Lipinski definition) is 3. The smallest absolute Gasteiger partial charge is 0.0646 e. The van der Waals surface area contributed by atoms with Crippen molar-refractivity contribution in [3.05, 3.63) is 56.8 Å². The Hall–Kier alpha value is -0.770. The predicted octanol–water partition coefficient (Wildman–Crippen LogP) is 4.78. The Kier molecular flexibility index (Phi) is 4.72. The minimum Gasteiger partial charge on any atom is -0.320 e. The van der Waals surface area contributed by atoms with Crippen LogP contribution in [0.25, 0.3) is 0 Å². The van der Waals surface area contributed by atoms with E-state index >= 15 is 0 Å². The summed E-state index contributed by atoms with van der Waals surface area (Å²) in [5.41, 5.74) is 10.6. The lowest BCUT2D eigenvalue weighted by molar-refractivity contribution is 0.647. The summed E-state index contributed by atoms with van der Waals surface area (Å²) in [5, 5.41) is 0. The Balaban J connectivity index is 1.78. The third-order valence-electron chi connectivity index (χ3n) is 3.94.